The maximum atomic E-state index is 11.6. The van der Waals surface area contributed by atoms with Gasteiger partial charge in [0.2, 0.25) is 0 Å². The molecule has 0 saturated carbocycles. The van der Waals surface area contributed by atoms with E-state index in [0.29, 0.717) is 5.76 Å². The highest BCUT2D eigenvalue weighted by Crippen LogP contribution is 2.14. The molecule has 0 aliphatic heterocycles. The minimum atomic E-state index is -0.341. The van der Waals surface area contributed by atoms with Gasteiger partial charge in [0.25, 0.3) is 0 Å². The van der Waals surface area contributed by atoms with E-state index in [4.69, 9.17) is 4.42 Å². The summed E-state index contributed by atoms with van der Waals surface area (Å²) < 4.78 is 5.19. The van der Waals surface area contributed by atoms with Crippen molar-refractivity contribution in [2.75, 3.05) is 0 Å². The Balaban J connectivity index is 1.93. The quantitative estimate of drug-likeness (QED) is 0.680. The van der Waals surface area contributed by atoms with E-state index in [2.05, 4.69) is 23.5 Å². The van der Waals surface area contributed by atoms with Crippen LogP contribution in [0.15, 0.2) is 33.8 Å². The van der Waals surface area contributed by atoms with Gasteiger partial charge in [0, 0.05) is 9.75 Å². The Bertz CT molecular complexity index is 569. The summed E-state index contributed by atoms with van der Waals surface area (Å²) in [7, 11) is 0. The van der Waals surface area contributed by atoms with Crippen molar-refractivity contribution >= 4 is 23.5 Å². The predicted octanol–water partition coefficient (Wildman–Crippen LogP) is 2.98. The third-order valence-corrected chi connectivity index (χ3v) is 3.52. The van der Waals surface area contributed by atoms with Crippen LogP contribution in [0.1, 0.15) is 33.0 Å². The van der Waals surface area contributed by atoms with Gasteiger partial charge in [-0.15, -0.1) is 11.3 Å². The number of carbonyl (C=O) groups excluding carboxylic acids is 1. The van der Waals surface area contributed by atoms with E-state index in [1.807, 2.05) is 6.07 Å². The van der Waals surface area contributed by atoms with Gasteiger partial charge in [0.15, 0.2) is 5.76 Å². The van der Waals surface area contributed by atoms with Crippen LogP contribution in [0.3, 0.4) is 0 Å². The van der Waals surface area contributed by atoms with Crippen molar-refractivity contribution in [2.45, 2.75) is 20.3 Å². The molecule has 94 valence electrons. The van der Waals surface area contributed by atoms with Gasteiger partial charge in [-0.1, -0.05) is 6.92 Å². The smallest absolute Gasteiger partial charge is 0.307 e. The second-order valence-corrected chi connectivity index (χ2v) is 4.97. The summed E-state index contributed by atoms with van der Waals surface area (Å²) in [6.45, 7) is 3.89. The van der Waals surface area contributed by atoms with E-state index < -0.39 is 0 Å². The molecular formula is C13H14N2O2S. The summed E-state index contributed by atoms with van der Waals surface area (Å²) in [6.07, 6.45) is 2.65. The summed E-state index contributed by atoms with van der Waals surface area (Å²) >= 11 is 1.66. The Morgan fingerprint density at radius 2 is 2.28 bits per heavy atom. The maximum absolute atomic E-state index is 11.6. The lowest BCUT2D eigenvalue weighted by molar-refractivity contribution is 0.0926. The second-order valence-electron chi connectivity index (χ2n) is 3.77. The summed E-state index contributed by atoms with van der Waals surface area (Å²) in [5.41, 5.74) is 2.43. The van der Waals surface area contributed by atoms with Crippen molar-refractivity contribution in [1.82, 2.24) is 5.43 Å². The molecule has 1 amide bonds. The molecule has 0 bridgehead atoms. The van der Waals surface area contributed by atoms with E-state index in [1.54, 1.807) is 36.6 Å². The highest BCUT2D eigenvalue weighted by molar-refractivity contribution is 7.13. The average Bonchev–Trinajstić information content (AvgIpc) is 2.98. The summed E-state index contributed by atoms with van der Waals surface area (Å²) in [5, 5.41) is 3.90. The van der Waals surface area contributed by atoms with Crippen molar-refractivity contribution in [2.24, 2.45) is 5.10 Å². The fraction of sp³-hybridized carbons (Fsp3) is 0.231. The Morgan fingerprint density at radius 1 is 1.44 bits per heavy atom. The van der Waals surface area contributed by atoms with E-state index >= 15 is 0 Å². The number of nitrogens with one attached hydrogen (secondary N) is 1. The lowest BCUT2D eigenvalue weighted by atomic mass is 10.4. The van der Waals surface area contributed by atoms with Gasteiger partial charge in [-0.25, -0.2) is 5.43 Å². The fourth-order valence-electron chi connectivity index (χ4n) is 1.42. The van der Waals surface area contributed by atoms with E-state index in [-0.39, 0.29) is 11.7 Å². The first-order chi connectivity index (χ1) is 8.69. The van der Waals surface area contributed by atoms with Crippen LogP contribution in [0.5, 0.6) is 0 Å². The molecule has 0 fully saturated rings. The van der Waals surface area contributed by atoms with Crippen LogP contribution >= 0.6 is 11.3 Å². The molecular weight excluding hydrogens is 248 g/mol. The van der Waals surface area contributed by atoms with E-state index in [1.165, 1.54) is 4.88 Å². The zero-order valence-corrected chi connectivity index (χ0v) is 11.1. The number of furan rings is 1. The molecule has 0 aromatic carbocycles. The van der Waals surface area contributed by atoms with Crippen LogP contribution in [0, 0.1) is 6.92 Å². The van der Waals surface area contributed by atoms with Crippen LogP contribution in [-0.2, 0) is 6.42 Å². The molecule has 0 unspecified atom stereocenters. The largest absolute Gasteiger partial charge is 0.456 e. The number of aryl methyl sites for hydroxylation is 2. The van der Waals surface area contributed by atoms with Gasteiger partial charge in [-0.3, -0.25) is 4.79 Å². The topological polar surface area (TPSA) is 54.6 Å². The number of hydrogen-bond acceptors (Lipinski definition) is 4. The standard InChI is InChI=1S/C13H14N2O2S/c1-3-10-5-6-11(18-10)8-14-15-13(16)12-7-4-9(2)17-12/h4-8H,3H2,1-2H3,(H,15,16)/b14-8+. The molecule has 1 N–H and O–H groups in total. The van der Waals surface area contributed by atoms with Crippen molar-refractivity contribution in [3.8, 4) is 0 Å². The number of thiophene rings is 1. The van der Waals surface area contributed by atoms with Gasteiger partial charge in [-0.2, -0.15) is 5.10 Å². The minimum absolute atomic E-state index is 0.269. The highest BCUT2D eigenvalue weighted by Gasteiger charge is 2.07. The molecule has 0 saturated heterocycles. The lowest BCUT2D eigenvalue weighted by Crippen LogP contribution is -2.16. The number of amides is 1. The third kappa shape index (κ3) is 3.07. The molecule has 2 rings (SSSR count). The SMILES string of the molecule is CCc1ccc(/C=N/NC(=O)c2ccc(C)o2)s1. The first kappa shape index (κ1) is 12.6. The highest BCUT2D eigenvalue weighted by atomic mass is 32.1. The average molecular weight is 262 g/mol. The van der Waals surface area contributed by atoms with Crippen LogP contribution < -0.4 is 5.43 Å². The lowest BCUT2D eigenvalue weighted by Gasteiger charge is -1.94. The van der Waals surface area contributed by atoms with Crippen LogP contribution in [0.2, 0.25) is 0 Å². The normalized spacial score (nSPS) is 11.0. The predicted molar refractivity (Wildman–Crippen MR) is 72.2 cm³/mol. The zero-order valence-electron chi connectivity index (χ0n) is 10.3. The molecule has 5 heteroatoms. The number of nitrogens with zero attached hydrogens (tertiary/aromatic N) is 1. The van der Waals surface area contributed by atoms with E-state index in [0.717, 1.165) is 11.3 Å². The number of rotatable bonds is 4. The first-order valence-electron chi connectivity index (χ1n) is 5.67. The molecule has 0 radical (unpaired) electrons. The monoisotopic (exact) mass is 262 g/mol. The van der Waals surface area contributed by atoms with Crippen molar-refractivity contribution in [3.63, 3.8) is 0 Å². The van der Waals surface area contributed by atoms with Crippen LogP contribution in [-0.4, -0.2) is 12.1 Å². The van der Waals surface area contributed by atoms with Crippen molar-refractivity contribution in [3.05, 3.63) is 45.5 Å². The van der Waals surface area contributed by atoms with Gasteiger partial charge in [0.1, 0.15) is 5.76 Å². The molecule has 0 atom stereocenters. The van der Waals surface area contributed by atoms with E-state index in [9.17, 15) is 4.79 Å². The van der Waals surface area contributed by atoms with Crippen LogP contribution in [0.25, 0.3) is 0 Å². The maximum Gasteiger partial charge on any atom is 0.307 e. The van der Waals surface area contributed by atoms with Gasteiger partial charge in [-0.05, 0) is 37.6 Å². The number of hydrogen-bond donors (Lipinski definition) is 1. The second kappa shape index (κ2) is 5.64. The Hall–Kier alpha value is -1.88. The van der Waals surface area contributed by atoms with Crippen molar-refractivity contribution in [1.29, 1.82) is 0 Å². The van der Waals surface area contributed by atoms with Gasteiger partial charge >= 0.3 is 5.91 Å². The zero-order chi connectivity index (χ0) is 13.0. The van der Waals surface area contributed by atoms with Crippen molar-refractivity contribution < 1.29 is 9.21 Å². The molecule has 2 aromatic rings. The fourth-order valence-corrected chi connectivity index (χ4v) is 2.24. The molecule has 18 heavy (non-hydrogen) atoms. The summed E-state index contributed by atoms with van der Waals surface area (Å²) in [5.74, 6) is 0.631. The molecule has 4 nitrogen and oxygen atoms in total. The Labute approximate surface area is 109 Å². The Kier molecular flexibility index (Phi) is 3.94. The molecule has 0 spiro atoms. The summed E-state index contributed by atoms with van der Waals surface area (Å²) in [6, 6.07) is 7.41. The van der Waals surface area contributed by atoms with Gasteiger partial charge in [0.05, 0.1) is 6.21 Å². The molecule has 2 aromatic heterocycles. The minimum Gasteiger partial charge on any atom is -0.456 e. The number of carbonyl (C=O) groups is 1. The first-order valence-corrected chi connectivity index (χ1v) is 6.49. The number of hydrazone groups is 1. The Morgan fingerprint density at radius 3 is 2.89 bits per heavy atom. The molecule has 0 aliphatic carbocycles. The third-order valence-electron chi connectivity index (χ3n) is 2.35. The summed E-state index contributed by atoms with van der Waals surface area (Å²) in [4.78, 5) is 13.9. The molecule has 0 aliphatic rings. The van der Waals surface area contributed by atoms with Crippen LogP contribution in [0.4, 0.5) is 0 Å². The molecule has 2 heterocycles. The van der Waals surface area contributed by atoms with Gasteiger partial charge < -0.3 is 4.42 Å².